The summed E-state index contributed by atoms with van der Waals surface area (Å²) in [6, 6.07) is 33.1. The molecule has 3 heterocycles. The molecule has 274 valence electrons. The van der Waals surface area contributed by atoms with Crippen molar-refractivity contribution in [1.82, 2.24) is 19.3 Å². The van der Waals surface area contributed by atoms with Crippen LogP contribution in [-0.4, -0.2) is 19.3 Å². The molecule has 0 aliphatic heterocycles. The van der Waals surface area contributed by atoms with Crippen molar-refractivity contribution in [2.24, 2.45) is 5.92 Å². The fourth-order valence-corrected chi connectivity index (χ4v) is 7.59. The van der Waals surface area contributed by atoms with Crippen molar-refractivity contribution >= 4 is 21.8 Å². The quantitative estimate of drug-likeness (QED) is 0.143. The van der Waals surface area contributed by atoms with Crippen molar-refractivity contribution in [3.05, 3.63) is 130 Å². The third-order valence-electron chi connectivity index (χ3n) is 10.1. The molecule has 0 amide bonds. The SMILES string of the molecule is Cc1cc(C)c(-c2c(C)nn(-c3[c-]c(Oc4[c-]c5c(cc4)c4ccccc4n5-c4cc(C(C)C)ccn4)cc(C(C)(C)C)c3)c2CC(C)C)c(C)c1.[Pt+2]. The first-order valence-corrected chi connectivity index (χ1v) is 18.5. The first-order chi connectivity index (χ1) is 24.7. The van der Waals surface area contributed by atoms with Crippen molar-refractivity contribution in [1.29, 1.82) is 0 Å². The molecule has 53 heavy (non-hydrogen) atoms. The second-order valence-corrected chi connectivity index (χ2v) is 16.2. The van der Waals surface area contributed by atoms with Gasteiger partial charge in [0.1, 0.15) is 5.82 Å². The maximum absolute atomic E-state index is 6.74. The fourth-order valence-electron chi connectivity index (χ4n) is 7.59. The van der Waals surface area contributed by atoms with Gasteiger partial charge in [-0.3, -0.25) is 4.68 Å². The molecule has 4 aromatic carbocycles. The largest absolute Gasteiger partial charge is 2.00 e. The van der Waals surface area contributed by atoms with Gasteiger partial charge < -0.3 is 9.30 Å². The van der Waals surface area contributed by atoms with Crippen LogP contribution in [0.15, 0.2) is 79.0 Å². The number of hydrogen-bond acceptors (Lipinski definition) is 3. The normalized spacial score (nSPS) is 11.9. The minimum Gasteiger partial charge on any atom is -0.509 e. The zero-order chi connectivity index (χ0) is 37.1. The maximum atomic E-state index is 6.74. The molecule has 3 aromatic heterocycles. The second kappa shape index (κ2) is 14.7. The first kappa shape index (κ1) is 38.3. The summed E-state index contributed by atoms with van der Waals surface area (Å²) in [5, 5.41) is 7.49. The molecular weight excluding hydrogens is 832 g/mol. The number of ether oxygens (including phenoxy) is 1. The summed E-state index contributed by atoms with van der Waals surface area (Å²) in [5.74, 6) is 2.95. The Bertz CT molecular complexity index is 2430. The number of rotatable bonds is 8. The van der Waals surface area contributed by atoms with Crippen LogP contribution in [0.4, 0.5) is 0 Å². The summed E-state index contributed by atoms with van der Waals surface area (Å²) < 4.78 is 11.1. The van der Waals surface area contributed by atoms with E-state index in [2.05, 4.69) is 164 Å². The van der Waals surface area contributed by atoms with Gasteiger partial charge in [0.2, 0.25) is 0 Å². The van der Waals surface area contributed by atoms with E-state index in [4.69, 9.17) is 14.8 Å². The average molecular weight is 882 g/mol. The van der Waals surface area contributed by atoms with E-state index >= 15 is 0 Å². The van der Waals surface area contributed by atoms with Crippen molar-refractivity contribution in [3.63, 3.8) is 0 Å². The van der Waals surface area contributed by atoms with E-state index in [1.165, 1.54) is 39.1 Å². The molecule has 0 saturated carbocycles. The van der Waals surface area contributed by atoms with E-state index in [1.807, 2.05) is 12.3 Å². The van der Waals surface area contributed by atoms with Crippen LogP contribution in [0, 0.1) is 45.7 Å². The number of nitrogens with zero attached hydrogens (tertiary/aromatic N) is 4. The number of aryl methyl sites for hydroxylation is 4. The minimum atomic E-state index is -0.136. The third-order valence-corrected chi connectivity index (χ3v) is 10.1. The first-order valence-electron chi connectivity index (χ1n) is 18.5. The molecule has 0 aliphatic carbocycles. The summed E-state index contributed by atoms with van der Waals surface area (Å²) in [6.45, 7) is 24.4. The predicted octanol–water partition coefficient (Wildman–Crippen LogP) is 12.3. The number of fused-ring (bicyclic) bond motifs is 3. The minimum absolute atomic E-state index is 0. The molecular formula is C47H50N4OPt. The molecule has 0 aliphatic rings. The van der Waals surface area contributed by atoms with E-state index in [1.54, 1.807) is 0 Å². The Hall–Kier alpha value is -4.47. The van der Waals surface area contributed by atoms with Crippen LogP contribution >= 0.6 is 0 Å². The summed E-state index contributed by atoms with van der Waals surface area (Å²) >= 11 is 0. The van der Waals surface area contributed by atoms with Crippen molar-refractivity contribution in [2.45, 2.75) is 93.9 Å². The van der Waals surface area contributed by atoms with Crippen LogP contribution < -0.4 is 4.74 Å². The third kappa shape index (κ3) is 7.38. The second-order valence-electron chi connectivity index (χ2n) is 16.2. The Labute approximate surface area is 329 Å². The van der Waals surface area contributed by atoms with Crippen LogP contribution in [0.5, 0.6) is 11.5 Å². The van der Waals surface area contributed by atoms with E-state index in [0.717, 1.165) is 51.0 Å². The molecule has 0 N–H and O–H groups in total. The zero-order valence-corrected chi connectivity index (χ0v) is 35.2. The molecule has 0 fully saturated rings. The number of hydrogen-bond donors (Lipinski definition) is 0. The van der Waals surface area contributed by atoms with Gasteiger partial charge in [-0.1, -0.05) is 89.9 Å². The Morgan fingerprint density at radius 3 is 2.17 bits per heavy atom. The van der Waals surface area contributed by atoms with Crippen molar-refractivity contribution in [2.75, 3.05) is 0 Å². The summed E-state index contributed by atoms with van der Waals surface area (Å²) in [5.41, 5.74) is 13.7. The van der Waals surface area contributed by atoms with Crippen LogP contribution in [0.1, 0.15) is 93.6 Å². The van der Waals surface area contributed by atoms with Gasteiger partial charge in [0.25, 0.3) is 0 Å². The average Bonchev–Trinajstić information content (AvgIpc) is 3.57. The van der Waals surface area contributed by atoms with Crippen LogP contribution in [-0.2, 0) is 32.9 Å². The topological polar surface area (TPSA) is 44.9 Å². The smallest absolute Gasteiger partial charge is 0.509 e. The van der Waals surface area contributed by atoms with Crippen LogP contribution in [0.3, 0.4) is 0 Å². The summed E-state index contributed by atoms with van der Waals surface area (Å²) in [4.78, 5) is 4.82. The van der Waals surface area contributed by atoms with Gasteiger partial charge in [0.15, 0.2) is 0 Å². The zero-order valence-electron chi connectivity index (χ0n) is 32.9. The van der Waals surface area contributed by atoms with Crippen LogP contribution in [0.2, 0.25) is 0 Å². The fraction of sp³-hybridized carbons (Fsp3) is 0.319. The Balaban J connectivity index is 0.00000481. The number of benzene rings is 4. The molecule has 5 nitrogen and oxygen atoms in total. The molecule has 0 bridgehead atoms. The van der Waals surface area contributed by atoms with Crippen molar-refractivity contribution in [3.8, 4) is 34.1 Å². The number of aromatic nitrogens is 4. The van der Waals surface area contributed by atoms with Gasteiger partial charge >= 0.3 is 21.1 Å². The van der Waals surface area contributed by atoms with Gasteiger partial charge in [0.05, 0.1) is 11.4 Å². The summed E-state index contributed by atoms with van der Waals surface area (Å²) in [6.07, 6.45) is 2.78. The molecule has 0 atom stereocenters. The number of para-hydroxylation sites is 1. The Morgan fingerprint density at radius 1 is 0.774 bits per heavy atom. The van der Waals surface area contributed by atoms with E-state index in [0.29, 0.717) is 23.3 Å². The molecule has 0 radical (unpaired) electrons. The van der Waals surface area contributed by atoms with Gasteiger partial charge in [-0.05, 0) is 103 Å². The molecule has 6 heteroatoms. The molecule has 0 unspecified atom stereocenters. The van der Waals surface area contributed by atoms with E-state index < -0.39 is 0 Å². The van der Waals surface area contributed by atoms with Gasteiger partial charge in [-0.25, -0.2) is 4.98 Å². The Kier molecular flexibility index (Phi) is 10.6. The monoisotopic (exact) mass is 881 g/mol. The van der Waals surface area contributed by atoms with Gasteiger partial charge in [-0.2, -0.15) is 11.2 Å². The Morgan fingerprint density at radius 2 is 1.49 bits per heavy atom. The van der Waals surface area contributed by atoms with Crippen LogP contribution in [0.25, 0.3) is 44.4 Å². The number of pyridine rings is 1. The van der Waals surface area contributed by atoms with E-state index in [-0.39, 0.29) is 26.5 Å². The maximum Gasteiger partial charge on any atom is 2.00 e. The summed E-state index contributed by atoms with van der Waals surface area (Å²) in [7, 11) is 0. The molecule has 7 rings (SSSR count). The van der Waals surface area contributed by atoms with Gasteiger partial charge in [0, 0.05) is 28.8 Å². The predicted molar refractivity (Wildman–Crippen MR) is 216 cm³/mol. The van der Waals surface area contributed by atoms with Gasteiger partial charge in [-0.15, -0.1) is 41.3 Å². The molecule has 0 spiro atoms. The van der Waals surface area contributed by atoms with E-state index in [9.17, 15) is 0 Å². The van der Waals surface area contributed by atoms with Crippen molar-refractivity contribution < 1.29 is 25.8 Å². The standard InChI is InChI=1S/C47H50N4O.Pt/c1-28(2)20-43-46(45-31(6)21-30(5)22-32(45)7)33(8)49-51(43)36-24-35(47(9,10)11)25-38(26-36)52-37-16-17-40-39-14-12-13-15-41(39)50(42(40)27-37)44-23-34(29(3)4)18-19-48-44;/h12-19,21-25,28-29H,20H2,1-11H3;/q-2;+2. The molecule has 7 aromatic rings. The molecule has 0 saturated heterocycles.